The first-order valence-corrected chi connectivity index (χ1v) is 6.34. The predicted octanol–water partition coefficient (Wildman–Crippen LogP) is 3.55. The van der Waals surface area contributed by atoms with Gasteiger partial charge in [-0.15, -0.1) is 0 Å². The highest BCUT2D eigenvalue weighted by Crippen LogP contribution is 2.18. The molecule has 0 bridgehead atoms. The Balaban J connectivity index is 2.04. The van der Waals surface area contributed by atoms with Crippen LogP contribution in [-0.2, 0) is 13.6 Å². The van der Waals surface area contributed by atoms with Crippen molar-refractivity contribution in [2.45, 2.75) is 13.5 Å². The van der Waals surface area contributed by atoms with E-state index in [9.17, 15) is 0 Å². The number of nitrogens with zero attached hydrogens (tertiary/aromatic N) is 1. The molecule has 0 aliphatic heterocycles. The van der Waals surface area contributed by atoms with Crippen molar-refractivity contribution in [3.63, 3.8) is 0 Å². The number of anilines is 1. The smallest absolute Gasteiger partial charge is 0.0415 e. The van der Waals surface area contributed by atoms with Crippen LogP contribution in [0, 0.1) is 10.5 Å². The number of halogens is 1. The zero-order valence-electron chi connectivity index (χ0n) is 9.50. The highest BCUT2D eigenvalue weighted by atomic mass is 127. The third-order valence-corrected chi connectivity index (χ3v) is 3.24. The first-order chi connectivity index (χ1) is 7.65. The Hall–Kier alpha value is -0.970. The predicted molar refractivity (Wildman–Crippen MR) is 76.6 cm³/mol. The summed E-state index contributed by atoms with van der Waals surface area (Å²) in [5.74, 6) is 0. The number of hydrogen-bond acceptors (Lipinski definition) is 1. The molecule has 2 aromatic rings. The van der Waals surface area contributed by atoms with Gasteiger partial charge in [-0.05, 0) is 64.9 Å². The molecule has 1 heterocycles. The van der Waals surface area contributed by atoms with E-state index in [0.29, 0.717) is 0 Å². The van der Waals surface area contributed by atoms with Crippen molar-refractivity contribution in [1.29, 1.82) is 0 Å². The first kappa shape index (κ1) is 11.5. The largest absolute Gasteiger partial charge is 0.381 e. The summed E-state index contributed by atoms with van der Waals surface area (Å²) in [5.41, 5.74) is 3.81. The van der Waals surface area contributed by atoms with Crippen molar-refractivity contribution in [3.05, 3.63) is 51.4 Å². The molecule has 0 fully saturated rings. The number of nitrogens with one attached hydrogen (secondary N) is 1. The fourth-order valence-electron chi connectivity index (χ4n) is 1.69. The SMILES string of the molecule is Cc1cc(I)ccc1NCc1ccn(C)c1. The molecule has 0 radical (unpaired) electrons. The molecule has 2 rings (SSSR count). The van der Waals surface area contributed by atoms with Gasteiger partial charge in [0.1, 0.15) is 0 Å². The van der Waals surface area contributed by atoms with E-state index in [0.717, 1.165) is 6.54 Å². The Morgan fingerprint density at radius 2 is 2.12 bits per heavy atom. The third kappa shape index (κ3) is 2.78. The Labute approximate surface area is 110 Å². The van der Waals surface area contributed by atoms with Crippen molar-refractivity contribution in [2.75, 3.05) is 5.32 Å². The Morgan fingerprint density at radius 1 is 1.31 bits per heavy atom. The summed E-state index contributed by atoms with van der Waals surface area (Å²) in [7, 11) is 2.04. The number of aryl methyl sites for hydroxylation is 2. The van der Waals surface area contributed by atoms with E-state index in [1.165, 1.54) is 20.4 Å². The van der Waals surface area contributed by atoms with E-state index in [1.807, 2.05) is 7.05 Å². The second kappa shape index (κ2) is 4.91. The van der Waals surface area contributed by atoms with Gasteiger partial charge in [-0.2, -0.15) is 0 Å². The van der Waals surface area contributed by atoms with E-state index in [2.05, 4.69) is 76.1 Å². The van der Waals surface area contributed by atoms with Gasteiger partial charge in [-0.1, -0.05) is 0 Å². The summed E-state index contributed by atoms with van der Waals surface area (Å²) in [6.45, 7) is 3.01. The second-order valence-electron chi connectivity index (χ2n) is 4.00. The van der Waals surface area contributed by atoms with Crippen molar-refractivity contribution < 1.29 is 0 Å². The Morgan fingerprint density at radius 3 is 2.75 bits per heavy atom. The van der Waals surface area contributed by atoms with Crippen LogP contribution in [0.1, 0.15) is 11.1 Å². The van der Waals surface area contributed by atoms with Crippen LogP contribution in [0.4, 0.5) is 5.69 Å². The van der Waals surface area contributed by atoms with Gasteiger partial charge < -0.3 is 9.88 Å². The quantitative estimate of drug-likeness (QED) is 0.854. The maximum absolute atomic E-state index is 3.45. The maximum atomic E-state index is 3.45. The minimum atomic E-state index is 0.877. The summed E-state index contributed by atoms with van der Waals surface area (Å²) in [6.07, 6.45) is 4.20. The first-order valence-electron chi connectivity index (χ1n) is 5.26. The zero-order chi connectivity index (χ0) is 11.5. The molecule has 0 spiro atoms. The molecule has 0 atom stereocenters. The molecule has 0 aliphatic carbocycles. The van der Waals surface area contributed by atoms with E-state index in [4.69, 9.17) is 0 Å². The molecule has 0 unspecified atom stereocenters. The molecule has 0 aliphatic rings. The van der Waals surface area contributed by atoms with Gasteiger partial charge in [0.2, 0.25) is 0 Å². The number of aromatic nitrogens is 1. The van der Waals surface area contributed by atoms with Crippen molar-refractivity contribution >= 4 is 28.3 Å². The summed E-state index contributed by atoms with van der Waals surface area (Å²) in [5, 5.41) is 3.45. The van der Waals surface area contributed by atoms with Crippen molar-refractivity contribution in [2.24, 2.45) is 7.05 Å². The van der Waals surface area contributed by atoms with Crippen LogP contribution in [0.25, 0.3) is 0 Å². The van der Waals surface area contributed by atoms with Crippen LogP contribution in [0.5, 0.6) is 0 Å². The molecule has 2 nitrogen and oxygen atoms in total. The van der Waals surface area contributed by atoms with Crippen molar-refractivity contribution in [1.82, 2.24) is 4.57 Å². The number of hydrogen-bond donors (Lipinski definition) is 1. The molecular weight excluding hydrogens is 311 g/mol. The Kier molecular flexibility index (Phi) is 3.53. The van der Waals surface area contributed by atoms with Crippen LogP contribution in [-0.4, -0.2) is 4.57 Å². The minimum absolute atomic E-state index is 0.877. The highest BCUT2D eigenvalue weighted by Gasteiger charge is 1.99. The van der Waals surface area contributed by atoms with Gasteiger partial charge in [-0.25, -0.2) is 0 Å². The lowest BCUT2D eigenvalue weighted by Crippen LogP contribution is -2.00. The normalized spacial score (nSPS) is 10.4. The summed E-state index contributed by atoms with van der Waals surface area (Å²) >= 11 is 2.33. The second-order valence-corrected chi connectivity index (χ2v) is 5.24. The average molecular weight is 326 g/mol. The molecule has 3 heteroatoms. The molecule has 1 aromatic carbocycles. The zero-order valence-corrected chi connectivity index (χ0v) is 11.7. The van der Waals surface area contributed by atoms with Crippen LogP contribution >= 0.6 is 22.6 Å². The Bertz CT molecular complexity index is 488. The van der Waals surface area contributed by atoms with E-state index >= 15 is 0 Å². The summed E-state index contributed by atoms with van der Waals surface area (Å²) < 4.78 is 3.35. The van der Waals surface area contributed by atoms with Gasteiger partial charge in [0.15, 0.2) is 0 Å². The van der Waals surface area contributed by atoms with Crippen LogP contribution in [0.15, 0.2) is 36.7 Å². The van der Waals surface area contributed by atoms with Gasteiger partial charge >= 0.3 is 0 Å². The molecule has 16 heavy (non-hydrogen) atoms. The van der Waals surface area contributed by atoms with E-state index < -0.39 is 0 Å². The fourth-order valence-corrected chi connectivity index (χ4v) is 2.34. The third-order valence-electron chi connectivity index (χ3n) is 2.56. The van der Waals surface area contributed by atoms with Gasteiger partial charge in [0, 0.05) is 35.2 Å². The molecule has 0 amide bonds. The molecule has 84 valence electrons. The number of rotatable bonds is 3. The van der Waals surface area contributed by atoms with Crippen molar-refractivity contribution in [3.8, 4) is 0 Å². The van der Waals surface area contributed by atoms with Crippen LogP contribution in [0.3, 0.4) is 0 Å². The van der Waals surface area contributed by atoms with Gasteiger partial charge in [0.25, 0.3) is 0 Å². The summed E-state index contributed by atoms with van der Waals surface area (Å²) in [4.78, 5) is 0. The van der Waals surface area contributed by atoms with Crippen LogP contribution in [0.2, 0.25) is 0 Å². The molecule has 0 saturated heterocycles. The lowest BCUT2D eigenvalue weighted by Gasteiger charge is -2.08. The lowest BCUT2D eigenvalue weighted by atomic mass is 10.2. The minimum Gasteiger partial charge on any atom is -0.381 e. The fraction of sp³-hybridized carbons (Fsp3) is 0.231. The topological polar surface area (TPSA) is 17.0 Å². The lowest BCUT2D eigenvalue weighted by molar-refractivity contribution is 0.920. The maximum Gasteiger partial charge on any atom is 0.0415 e. The van der Waals surface area contributed by atoms with E-state index in [1.54, 1.807) is 0 Å². The number of benzene rings is 1. The standard InChI is InChI=1S/C13H15IN2/c1-10-7-12(14)3-4-13(10)15-8-11-5-6-16(2)9-11/h3-7,9,15H,8H2,1-2H3. The molecular formula is C13H15IN2. The average Bonchev–Trinajstić information content (AvgIpc) is 2.63. The van der Waals surface area contributed by atoms with E-state index in [-0.39, 0.29) is 0 Å². The molecule has 0 saturated carbocycles. The monoisotopic (exact) mass is 326 g/mol. The van der Waals surface area contributed by atoms with Crippen LogP contribution < -0.4 is 5.32 Å². The molecule has 1 N–H and O–H groups in total. The van der Waals surface area contributed by atoms with Gasteiger partial charge in [0.05, 0.1) is 0 Å². The molecule has 1 aromatic heterocycles. The van der Waals surface area contributed by atoms with Gasteiger partial charge in [-0.3, -0.25) is 0 Å². The highest BCUT2D eigenvalue weighted by molar-refractivity contribution is 14.1. The summed E-state index contributed by atoms with van der Waals surface area (Å²) in [6, 6.07) is 8.59.